The molecule has 106 valence electrons. The van der Waals surface area contributed by atoms with Crippen molar-refractivity contribution in [1.29, 1.82) is 0 Å². The molecule has 3 rings (SSSR count). The Morgan fingerprint density at radius 2 is 2.40 bits per heavy atom. The molecular weight excluding hydrogens is 272 g/mol. The number of nitrogens with one attached hydrogen (secondary N) is 1. The fourth-order valence-electron chi connectivity index (χ4n) is 2.56. The lowest BCUT2D eigenvalue weighted by atomic mass is 10.1. The van der Waals surface area contributed by atoms with E-state index in [1.807, 2.05) is 11.7 Å². The van der Waals surface area contributed by atoms with Crippen molar-refractivity contribution < 1.29 is 0 Å². The predicted molar refractivity (Wildman–Crippen MR) is 78.8 cm³/mol. The molecule has 0 amide bonds. The summed E-state index contributed by atoms with van der Waals surface area (Å²) in [6.07, 6.45) is 4.59. The average Bonchev–Trinajstić information content (AvgIpc) is 2.93. The molecule has 5 nitrogen and oxygen atoms in total. The van der Waals surface area contributed by atoms with Crippen LogP contribution < -0.4 is 5.56 Å². The minimum absolute atomic E-state index is 0.0347. The molecule has 1 aliphatic heterocycles. The van der Waals surface area contributed by atoms with Crippen LogP contribution in [0.4, 0.5) is 0 Å². The number of aromatic nitrogens is 3. The van der Waals surface area contributed by atoms with Gasteiger partial charge in [-0.2, -0.15) is 0 Å². The van der Waals surface area contributed by atoms with E-state index in [1.54, 1.807) is 11.3 Å². The third kappa shape index (κ3) is 2.81. The van der Waals surface area contributed by atoms with Crippen molar-refractivity contribution in [2.45, 2.75) is 39.3 Å². The number of aromatic amines is 1. The van der Waals surface area contributed by atoms with Gasteiger partial charge in [-0.1, -0.05) is 6.92 Å². The third-order valence-electron chi connectivity index (χ3n) is 3.55. The first-order chi connectivity index (χ1) is 9.76. The van der Waals surface area contributed by atoms with Gasteiger partial charge in [0.05, 0.1) is 16.8 Å². The molecule has 1 aliphatic rings. The molecule has 0 bridgehead atoms. The Morgan fingerprint density at radius 1 is 1.50 bits per heavy atom. The van der Waals surface area contributed by atoms with E-state index in [2.05, 4.69) is 26.8 Å². The van der Waals surface area contributed by atoms with E-state index in [1.165, 1.54) is 4.88 Å². The van der Waals surface area contributed by atoms with Gasteiger partial charge in [-0.15, -0.1) is 11.3 Å². The molecule has 0 aromatic carbocycles. The number of hydrogen-bond acceptors (Lipinski definition) is 5. The van der Waals surface area contributed by atoms with Gasteiger partial charge < -0.3 is 4.98 Å². The number of thiazole rings is 1. The molecule has 1 N–H and O–H groups in total. The molecule has 3 heterocycles. The van der Waals surface area contributed by atoms with Crippen molar-refractivity contribution in [3.05, 3.63) is 44.0 Å². The van der Waals surface area contributed by atoms with Crippen LogP contribution in [0.2, 0.25) is 0 Å². The third-order valence-corrected chi connectivity index (χ3v) is 4.31. The van der Waals surface area contributed by atoms with Crippen LogP contribution in [0, 0.1) is 0 Å². The van der Waals surface area contributed by atoms with Gasteiger partial charge in [0.2, 0.25) is 0 Å². The summed E-state index contributed by atoms with van der Waals surface area (Å²) in [6, 6.07) is 0. The van der Waals surface area contributed by atoms with Crippen LogP contribution in [0.1, 0.15) is 35.3 Å². The highest BCUT2D eigenvalue weighted by Crippen LogP contribution is 2.18. The summed E-state index contributed by atoms with van der Waals surface area (Å²) < 4.78 is 0. The summed E-state index contributed by atoms with van der Waals surface area (Å²) >= 11 is 1.66. The Labute approximate surface area is 121 Å². The molecule has 0 atom stereocenters. The largest absolute Gasteiger partial charge is 0.310 e. The molecule has 0 unspecified atom stereocenters. The second-order valence-electron chi connectivity index (χ2n) is 5.12. The first-order valence-electron chi connectivity index (χ1n) is 6.97. The van der Waals surface area contributed by atoms with Crippen molar-refractivity contribution in [1.82, 2.24) is 19.9 Å². The van der Waals surface area contributed by atoms with Crippen molar-refractivity contribution >= 4 is 11.3 Å². The molecular formula is C14H18N4OS. The summed E-state index contributed by atoms with van der Waals surface area (Å²) in [6.45, 7) is 4.59. The Bertz CT molecular complexity index is 635. The second kappa shape index (κ2) is 5.85. The van der Waals surface area contributed by atoms with Crippen molar-refractivity contribution in [2.75, 3.05) is 6.54 Å². The number of hydrogen-bond donors (Lipinski definition) is 1. The average molecular weight is 290 g/mol. The number of fused-ring (bicyclic) bond motifs is 1. The maximum atomic E-state index is 12.2. The zero-order chi connectivity index (χ0) is 13.9. The first kappa shape index (κ1) is 13.5. The molecule has 6 heteroatoms. The summed E-state index contributed by atoms with van der Waals surface area (Å²) in [7, 11) is 0. The standard InChI is InChI=1S/C14H18N4OS/c1-2-3-13-16-12-4-5-18(7-10-6-15-9-20-10)8-11(12)14(19)17-13/h6,9H,2-5,7-8H2,1H3,(H,16,17,19). The van der Waals surface area contributed by atoms with Gasteiger partial charge in [-0.25, -0.2) is 4.98 Å². The minimum Gasteiger partial charge on any atom is -0.310 e. The molecule has 20 heavy (non-hydrogen) atoms. The smallest absolute Gasteiger partial charge is 0.255 e. The van der Waals surface area contributed by atoms with Crippen molar-refractivity contribution in [3.8, 4) is 0 Å². The molecule has 2 aromatic heterocycles. The number of rotatable bonds is 4. The van der Waals surface area contributed by atoms with E-state index in [-0.39, 0.29) is 5.56 Å². The number of H-pyrrole nitrogens is 1. The Hall–Kier alpha value is -1.53. The zero-order valence-electron chi connectivity index (χ0n) is 11.6. The lowest BCUT2D eigenvalue weighted by molar-refractivity contribution is 0.243. The fraction of sp³-hybridized carbons (Fsp3) is 0.500. The highest BCUT2D eigenvalue weighted by Gasteiger charge is 2.21. The van der Waals surface area contributed by atoms with Gasteiger partial charge in [-0.05, 0) is 6.42 Å². The zero-order valence-corrected chi connectivity index (χ0v) is 12.4. The summed E-state index contributed by atoms with van der Waals surface area (Å²) in [5.74, 6) is 0.826. The lowest BCUT2D eigenvalue weighted by Gasteiger charge is -2.27. The molecule has 0 spiro atoms. The van der Waals surface area contributed by atoms with E-state index >= 15 is 0 Å². The van der Waals surface area contributed by atoms with E-state index in [0.29, 0.717) is 6.54 Å². The topological polar surface area (TPSA) is 61.9 Å². The van der Waals surface area contributed by atoms with Crippen LogP contribution in [0.25, 0.3) is 0 Å². The van der Waals surface area contributed by atoms with Gasteiger partial charge in [0, 0.05) is 43.5 Å². The highest BCUT2D eigenvalue weighted by molar-refractivity contribution is 7.09. The van der Waals surface area contributed by atoms with Gasteiger partial charge >= 0.3 is 0 Å². The summed E-state index contributed by atoms with van der Waals surface area (Å²) in [4.78, 5) is 27.3. The molecule has 0 fully saturated rings. The molecule has 0 aliphatic carbocycles. The van der Waals surface area contributed by atoms with Crippen molar-refractivity contribution in [2.24, 2.45) is 0 Å². The highest BCUT2D eigenvalue weighted by atomic mass is 32.1. The Balaban J connectivity index is 1.79. The molecule has 2 aromatic rings. The summed E-state index contributed by atoms with van der Waals surface area (Å²) in [5.41, 5.74) is 3.70. The van der Waals surface area contributed by atoms with Crippen LogP contribution in [0.5, 0.6) is 0 Å². The number of aryl methyl sites for hydroxylation is 1. The van der Waals surface area contributed by atoms with Gasteiger partial charge in [-0.3, -0.25) is 14.7 Å². The normalized spacial score (nSPS) is 15.2. The first-order valence-corrected chi connectivity index (χ1v) is 7.85. The summed E-state index contributed by atoms with van der Waals surface area (Å²) in [5, 5.41) is 0. The Morgan fingerprint density at radius 3 is 3.15 bits per heavy atom. The van der Waals surface area contributed by atoms with Gasteiger partial charge in [0.15, 0.2) is 0 Å². The molecule has 0 radical (unpaired) electrons. The van der Waals surface area contributed by atoms with E-state index < -0.39 is 0 Å². The van der Waals surface area contributed by atoms with E-state index in [0.717, 1.165) is 49.4 Å². The molecule has 0 saturated heterocycles. The van der Waals surface area contributed by atoms with Crippen LogP contribution >= 0.6 is 11.3 Å². The fourth-order valence-corrected chi connectivity index (χ4v) is 3.20. The van der Waals surface area contributed by atoms with Crippen LogP contribution in [-0.4, -0.2) is 26.4 Å². The maximum Gasteiger partial charge on any atom is 0.255 e. The monoisotopic (exact) mass is 290 g/mol. The van der Waals surface area contributed by atoms with E-state index in [4.69, 9.17) is 0 Å². The van der Waals surface area contributed by atoms with Crippen molar-refractivity contribution in [3.63, 3.8) is 0 Å². The van der Waals surface area contributed by atoms with Crippen LogP contribution in [-0.2, 0) is 25.9 Å². The van der Waals surface area contributed by atoms with Gasteiger partial charge in [0.1, 0.15) is 5.82 Å². The lowest BCUT2D eigenvalue weighted by Crippen LogP contribution is -2.35. The van der Waals surface area contributed by atoms with Crippen LogP contribution in [0.3, 0.4) is 0 Å². The maximum absolute atomic E-state index is 12.2. The number of nitrogens with zero attached hydrogens (tertiary/aromatic N) is 3. The molecule has 0 saturated carbocycles. The Kier molecular flexibility index (Phi) is 3.93. The van der Waals surface area contributed by atoms with Crippen LogP contribution in [0.15, 0.2) is 16.5 Å². The quantitative estimate of drug-likeness (QED) is 0.931. The second-order valence-corrected chi connectivity index (χ2v) is 6.09. The van der Waals surface area contributed by atoms with E-state index in [9.17, 15) is 4.79 Å². The van der Waals surface area contributed by atoms with Gasteiger partial charge in [0.25, 0.3) is 5.56 Å². The SMILES string of the molecule is CCCc1nc2c(c(=O)[nH]1)CN(Cc1cncs1)CC2. The predicted octanol–water partition coefficient (Wildman–Crippen LogP) is 1.74. The minimum atomic E-state index is 0.0347.